The number of fused-ring (bicyclic) bond motifs is 2. The Bertz CT molecular complexity index is 1520. The number of nitrogens with zero attached hydrogens (tertiary/aromatic N) is 4. The van der Waals surface area contributed by atoms with Crippen molar-refractivity contribution in [3.63, 3.8) is 0 Å². The number of nitrogens with one attached hydrogen (secondary N) is 2. The number of ether oxygens (including phenoxy) is 1. The second-order valence-electron chi connectivity index (χ2n) is 12.6. The van der Waals surface area contributed by atoms with Gasteiger partial charge < -0.3 is 20.3 Å². The molecule has 2 saturated carbocycles. The monoisotopic (exact) mass is 590 g/mol. The Morgan fingerprint density at radius 1 is 1.19 bits per heavy atom. The third-order valence-corrected chi connectivity index (χ3v) is 9.89. The second-order valence-corrected chi connectivity index (χ2v) is 13.0. The van der Waals surface area contributed by atoms with Gasteiger partial charge in [-0.2, -0.15) is 0 Å². The molecule has 2 unspecified atom stereocenters. The van der Waals surface area contributed by atoms with Crippen molar-refractivity contribution in [3.8, 4) is 5.75 Å². The Balaban J connectivity index is 1.08. The van der Waals surface area contributed by atoms with Gasteiger partial charge in [0.2, 0.25) is 5.91 Å². The average Bonchev–Trinajstić information content (AvgIpc) is 3.37. The maximum Gasteiger partial charge on any atom is 0.248 e. The van der Waals surface area contributed by atoms with Crippen LogP contribution in [0.1, 0.15) is 25.7 Å². The minimum absolute atomic E-state index is 0.0151. The van der Waals surface area contributed by atoms with Gasteiger partial charge in [-0.25, -0.2) is 14.4 Å². The van der Waals surface area contributed by atoms with Crippen LogP contribution in [0.5, 0.6) is 5.75 Å². The SMILES string of the molecule is CN1CC2C(CCOc3cc4ncnc(Nc5ccc(F)c(Cl)c5)c4cc3NC(=O)/C=C/CN3CC4(CCC4)C3)C2C1. The van der Waals surface area contributed by atoms with Crippen LogP contribution >= 0.6 is 11.6 Å². The molecule has 2 aromatic carbocycles. The minimum Gasteiger partial charge on any atom is -0.491 e. The molecule has 42 heavy (non-hydrogen) atoms. The molecule has 2 atom stereocenters. The molecule has 0 radical (unpaired) electrons. The summed E-state index contributed by atoms with van der Waals surface area (Å²) in [6.07, 6.45) is 10.0. The lowest BCUT2D eigenvalue weighted by atomic mass is 9.63. The number of rotatable bonds is 10. The van der Waals surface area contributed by atoms with E-state index in [1.165, 1.54) is 50.8 Å². The van der Waals surface area contributed by atoms with E-state index in [0.29, 0.717) is 51.8 Å². The predicted molar refractivity (Wildman–Crippen MR) is 163 cm³/mol. The fraction of sp³-hybridized carbons (Fsp3) is 0.469. The Hall–Kier alpha value is -3.27. The van der Waals surface area contributed by atoms with Crippen molar-refractivity contribution in [2.75, 3.05) is 57.0 Å². The van der Waals surface area contributed by atoms with Crippen LogP contribution in [0.15, 0.2) is 48.8 Å². The molecule has 7 rings (SSSR count). The van der Waals surface area contributed by atoms with Gasteiger partial charge in [0, 0.05) is 55.9 Å². The van der Waals surface area contributed by atoms with Crippen molar-refractivity contribution in [1.29, 1.82) is 0 Å². The third kappa shape index (κ3) is 5.57. The Morgan fingerprint density at radius 3 is 2.74 bits per heavy atom. The van der Waals surface area contributed by atoms with Gasteiger partial charge in [-0.1, -0.05) is 24.1 Å². The zero-order valence-corrected chi connectivity index (χ0v) is 24.5. The van der Waals surface area contributed by atoms with E-state index in [1.807, 2.05) is 18.2 Å². The number of piperidine rings is 1. The van der Waals surface area contributed by atoms with E-state index < -0.39 is 5.82 Å². The van der Waals surface area contributed by atoms with Crippen molar-refractivity contribution in [2.45, 2.75) is 25.7 Å². The number of benzene rings is 2. The number of aromatic nitrogens is 2. The van der Waals surface area contributed by atoms with Gasteiger partial charge in [-0.05, 0) is 73.7 Å². The molecule has 220 valence electrons. The summed E-state index contributed by atoms with van der Waals surface area (Å²) in [5, 5.41) is 6.94. The first-order valence-corrected chi connectivity index (χ1v) is 15.3. The highest BCUT2D eigenvalue weighted by atomic mass is 35.5. The topological polar surface area (TPSA) is 82.6 Å². The Morgan fingerprint density at radius 2 is 2.00 bits per heavy atom. The van der Waals surface area contributed by atoms with E-state index in [1.54, 1.807) is 12.1 Å². The van der Waals surface area contributed by atoms with Crippen LogP contribution in [0, 0.1) is 29.0 Å². The van der Waals surface area contributed by atoms with Crippen LogP contribution in [0.25, 0.3) is 10.9 Å². The molecule has 4 aliphatic rings. The number of hydrogen-bond acceptors (Lipinski definition) is 7. The highest BCUT2D eigenvalue weighted by molar-refractivity contribution is 6.31. The third-order valence-electron chi connectivity index (χ3n) is 9.60. The minimum atomic E-state index is -0.492. The maximum atomic E-state index is 13.7. The summed E-state index contributed by atoms with van der Waals surface area (Å²) in [6.45, 7) is 5.96. The molecule has 2 aliphatic heterocycles. The van der Waals surface area contributed by atoms with Gasteiger partial charge in [0.05, 0.1) is 22.8 Å². The van der Waals surface area contributed by atoms with Gasteiger partial charge in [0.1, 0.15) is 23.7 Å². The first-order valence-electron chi connectivity index (χ1n) is 14.9. The molecule has 4 fully saturated rings. The summed E-state index contributed by atoms with van der Waals surface area (Å²) >= 11 is 5.99. The van der Waals surface area contributed by atoms with Gasteiger partial charge in [-0.3, -0.25) is 9.69 Å². The van der Waals surface area contributed by atoms with Crippen LogP contribution in [0.3, 0.4) is 0 Å². The lowest BCUT2D eigenvalue weighted by Gasteiger charge is -2.56. The summed E-state index contributed by atoms with van der Waals surface area (Å²) in [4.78, 5) is 26.7. The van der Waals surface area contributed by atoms with Crippen LogP contribution in [0.4, 0.5) is 21.6 Å². The Kier molecular flexibility index (Phi) is 7.28. The summed E-state index contributed by atoms with van der Waals surface area (Å²) in [7, 11) is 2.18. The smallest absolute Gasteiger partial charge is 0.248 e. The molecule has 8 nitrogen and oxygen atoms in total. The number of amides is 1. The molecule has 2 N–H and O–H groups in total. The predicted octanol–water partition coefficient (Wildman–Crippen LogP) is 5.72. The van der Waals surface area contributed by atoms with Crippen molar-refractivity contribution < 1.29 is 13.9 Å². The van der Waals surface area contributed by atoms with Crippen molar-refractivity contribution in [3.05, 3.63) is 59.7 Å². The molecule has 1 amide bonds. The first-order chi connectivity index (χ1) is 20.4. The Labute approximate surface area is 250 Å². The molecule has 3 aromatic rings. The van der Waals surface area contributed by atoms with Crippen molar-refractivity contribution >= 4 is 45.6 Å². The fourth-order valence-electron chi connectivity index (χ4n) is 7.21. The molecule has 1 aromatic heterocycles. The van der Waals surface area contributed by atoms with E-state index in [2.05, 4.69) is 37.4 Å². The summed E-state index contributed by atoms with van der Waals surface area (Å²) in [5.41, 5.74) is 2.37. The zero-order chi connectivity index (χ0) is 28.8. The van der Waals surface area contributed by atoms with Gasteiger partial charge in [0.15, 0.2) is 0 Å². The number of carbonyl (C=O) groups is 1. The lowest BCUT2D eigenvalue weighted by molar-refractivity contribution is -0.112. The van der Waals surface area contributed by atoms with Gasteiger partial charge in [-0.15, -0.1) is 0 Å². The van der Waals surface area contributed by atoms with E-state index >= 15 is 0 Å². The maximum absolute atomic E-state index is 13.7. The molecule has 1 spiro atoms. The van der Waals surface area contributed by atoms with Crippen molar-refractivity contribution in [1.82, 2.24) is 19.8 Å². The molecule has 2 saturated heterocycles. The van der Waals surface area contributed by atoms with E-state index in [4.69, 9.17) is 16.3 Å². The van der Waals surface area contributed by atoms with Crippen LogP contribution in [0.2, 0.25) is 5.02 Å². The van der Waals surface area contributed by atoms with Gasteiger partial charge >= 0.3 is 0 Å². The lowest BCUT2D eigenvalue weighted by Crippen LogP contribution is -2.59. The highest BCUT2D eigenvalue weighted by Crippen LogP contribution is 2.53. The van der Waals surface area contributed by atoms with E-state index in [-0.39, 0.29) is 10.9 Å². The first kappa shape index (κ1) is 27.6. The molecular weight excluding hydrogens is 555 g/mol. The normalized spacial score (nSPS) is 24.4. The van der Waals surface area contributed by atoms with Crippen molar-refractivity contribution in [2.24, 2.45) is 23.2 Å². The zero-order valence-electron chi connectivity index (χ0n) is 23.8. The van der Waals surface area contributed by atoms with E-state index in [9.17, 15) is 9.18 Å². The second kappa shape index (κ2) is 11.1. The average molecular weight is 591 g/mol. The largest absolute Gasteiger partial charge is 0.491 e. The molecule has 10 heteroatoms. The number of hydrogen-bond donors (Lipinski definition) is 2. The number of likely N-dealkylation sites (tertiary alicyclic amines) is 2. The summed E-state index contributed by atoms with van der Waals surface area (Å²) < 4.78 is 20.0. The molecule has 3 heterocycles. The van der Waals surface area contributed by atoms with Gasteiger partial charge in [0.25, 0.3) is 0 Å². The number of anilines is 3. The fourth-order valence-corrected chi connectivity index (χ4v) is 7.39. The summed E-state index contributed by atoms with van der Waals surface area (Å²) in [6, 6.07) is 8.08. The molecule has 0 bridgehead atoms. The standard InChI is InChI=1S/C32H36ClFN6O2/c1-39-15-23-21(24(23)16-39)7-11-42-29-14-27-22(31(36-19-35-27)37-20-5-6-26(34)25(33)12-20)13-28(29)38-30(41)4-2-10-40-17-32(18-40)8-3-9-32/h2,4-6,12-14,19,21,23-24H,3,7-11,15-18H2,1H3,(H,38,41)(H,35,36,37)/b4-2+. The quantitative estimate of drug-likeness (QED) is 0.292. The molecule has 2 aliphatic carbocycles. The molecular formula is C32H36ClFN6O2. The summed E-state index contributed by atoms with van der Waals surface area (Å²) in [5.74, 6) is 2.67. The highest BCUT2D eigenvalue weighted by Gasteiger charge is 2.54. The van der Waals surface area contributed by atoms with E-state index in [0.717, 1.165) is 37.9 Å². The number of carbonyl (C=O) groups excluding carboxylic acids is 1. The van der Waals surface area contributed by atoms with Crippen LogP contribution in [-0.4, -0.2) is 72.1 Å². The van der Waals surface area contributed by atoms with Crippen LogP contribution in [-0.2, 0) is 4.79 Å². The number of halogens is 2. The van der Waals surface area contributed by atoms with Crippen LogP contribution < -0.4 is 15.4 Å².